The van der Waals surface area contributed by atoms with Crippen molar-refractivity contribution in [1.29, 1.82) is 0 Å². The molecule has 2 aliphatic rings. The second-order valence-corrected chi connectivity index (χ2v) is 7.34. The normalized spacial score (nSPS) is 24.6. The predicted molar refractivity (Wildman–Crippen MR) is 87.4 cm³/mol. The molecule has 2 heterocycles. The third-order valence-corrected chi connectivity index (χ3v) is 5.78. The van der Waals surface area contributed by atoms with Gasteiger partial charge >= 0.3 is 0 Å². The maximum Gasteiger partial charge on any atom is 0.0339 e. The Kier molecular flexibility index (Phi) is 5.03. The van der Waals surface area contributed by atoms with E-state index in [-0.39, 0.29) is 0 Å². The zero-order valence-corrected chi connectivity index (χ0v) is 13.3. The number of rotatable bonds is 4. The number of likely N-dealkylation sites (tertiary alicyclic amines) is 1. The van der Waals surface area contributed by atoms with E-state index in [0.717, 1.165) is 12.5 Å². The standard InChI is InChI=1S/C17H26N2S/c1-14-6-10-19(11-7-14)12-9-18-16-8-13-20-17-5-3-2-4-15(16)17/h2-5,14,16,18H,6-13H2,1H3. The van der Waals surface area contributed by atoms with Crippen LogP contribution in [-0.4, -0.2) is 36.8 Å². The van der Waals surface area contributed by atoms with Gasteiger partial charge in [-0.15, -0.1) is 11.8 Å². The molecule has 0 amide bonds. The summed E-state index contributed by atoms with van der Waals surface area (Å²) in [7, 11) is 0. The molecular formula is C17H26N2S. The second kappa shape index (κ2) is 6.97. The van der Waals surface area contributed by atoms with E-state index in [1.54, 1.807) is 0 Å². The van der Waals surface area contributed by atoms with Crippen LogP contribution in [0.25, 0.3) is 0 Å². The highest BCUT2D eigenvalue weighted by Crippen LogP contribution is 2.35. The number of hydrogen-bond acceptors (Lipinski definition) is 3. The lowest BCUT2D eigenvalue weighted by Crippen LogP contribution is -2.39. The van der Waals surface area contributed by atoms with Crippen molar-refractivity contribution in [3.8, 4) is 0 Å². The van der Waals surface area contributed by atoms with E-state index in [2.05, 4.69) is 41.4 Å². The van der Waals surface area contributed by atoms with Crippen LogP contribution in [0.1, 0.15) is 37.8 Å². The molecule has 0 aliphatic carbocycles. The molecule has 2 aliphatic heterocycles. The zero-order chi connectivity index (χ0) is 13.8. The largest absolute Gasteiger partial charge is 0.309 e. The van der Waals surface area contributed by atoms with E-state index in [1.165, 1.54) is 55.1 Å². The molecule has 1 aromatic carbocycles. The van der Waals surface area contributed by atoms with Crippen LogP contribution < -0.4 is 5.32 Å². The highest BCUT2D eigenvalue weighted by Gasteiger charge is 2.20. The summed E-state index contributed by atoms with van der Waals surface area (Å²) in [6, 6.07) is 9.45. The van der Waals surface area contributed by atoms with Crippen molar-refractivity contribution in [2.24, 2.45) is 5.92 Å². The van der Waals surface area contributed by atoms with Gasteiger partial charge in [0.15, 0.2) is 0 Å². The van der Waals surface area contributed by atoms with Gasteiger partial charge in [-0.2, -0.15) is 0 Å². The molecule has 0 spiro atoms. The third kappa shape index (κ3) is 3.57. The van der Waals surface area contributed by atoms with Crippen LogP contribution in [0.15, 0.2) is 29.2 Å². The maximum atomic E-state index is 3.78. The van der Waals surface area contributed by atoms with E-state index in [1.807, 2.05) is 11.8 Å². The molecule has 0 bridgehead atoms. The molecular weight excluding hydrogens is 264 g/mol. The number of hydrogen-bond donors (Lipinski definition) is 1. The Morgan fingerprint density at radius 3 is 2.85 bits per heavy atom. The number of thioether (sulfide) groups is 1. The average molecular weight is 290 g/mol. The molecule has 110 valence electrons. The van der Waals surface area contributed by atoms with Gasteiger partial charge < -0.3 is 10.2 Å². The van der Waals surface area contributed by atoms with Crippen LogP contribution in [0.2, 0.25) is 0 Å². The highest BCUT2D eigenvalue weighted by molar-refractivity contribution is 7.99. The molecule has 1 unspecified atom stereocenters. The van der Waals surface area contributed by atoms with Crippen LogP contribution in [0.3, 0.4) is 0 Å². The molecule has 20 heavy (non-hydrogen) atoms. The van der Waals surface area contributed by atoms with Gasteiger partial charge in [-0.05, 0) is 55.7 Å². The van der Waals surface area contributed by atoms with Gasteiger partial charge in [0.25, 0.3) is 0 Å². The summed E-state index contributed by atoms with van der Waals surface area (Å²) >= 11 is 2.00. The number of nitrogens with zero attached hydrogens (tertiary/aromatic N) is 1. The summed E-state index contributed by atoms with van der Waals surface area (Å²) in [5.41, 5.74) is 1.51. The molecule has 0 radical (unpaired) electrons. The third-order valence-electron chi connectivity index (χ3n) is 4.65. The van der Waals surface area contributed by atoms with Crippen LogP contribution in [0, 0.1) is 5.92 Å². The monoisotopic (exact) mass is 290 g/mol. The van der Waals surface area contributed by atoms with Crippen molar-refractivity contribution >= 4 is 11.8 Å². The summed E-state index contributed by atoms with van der Waals surface area (Å²) in [6.45, 7) is 7.29. The van der Waals surface area contributed by atoms with E-state index in [0.29, 0.717) is 6.04 Å². The van der Waals surface area contributed by atoms with Crippen LogP contribution in [0.5, 0.6) is 0 Å². The van der Waals surface area contributed by atoms with Gasteiger partial charge in [0.2, 0.25) is 0 Å². The Hall–Kier alpha value is -0.510. The Morgan fingerprint density at radius 2 is 2.00 bits per heavy atom. The fourth-order valence-corrected chi connectivity index (χ4v) is 4.36. The Labute approximate surface area is 127 Å². The molecule has 1 saturated heterocycles. The lowest BCUT2D eigenvalue weighted by Gasteiger charge is -2.31. The van der Waals surface area contributed by atoms with Gasteiger partial charge in [0, 0.05) is 24.0 Å². The molecule has 1 fully saturated rings. The van der Waals surface area contributed by atoms with Gasteiger partial charge in [-0.3, -0.25) is 0 Å². The minimum absolute atomic E-state index is 0.566. The lowest BCUT2D eigenvalue weighted by atomic mass is 9.99. The first-order valence-electron chi connectivity index (χ1n) is 8.00. The van der Waals surface area contributed by atoms with Crippen molar-refractivity contribution in [3.63, 3.8) is 0 Å². The van der Waals surface area contributed by atoms with Crippen molar-refractivity contribution in [1.82, 2.24) is 10.2 Å². The number of fused-ring (bicyclic) bond motifs is 1. The number of nitrogens with one attached hydrogen (secondary N) is 1. The Bertz CT molecular complexity index is 427. The van der Waals surface area contributed by atoms with E-state index in [9.17, 15) is 0 Å². The summed E-state index contributed by atoms with van der Waals surface area (Å²) in [5, 5.41) is 3.78. The van der Waals surface area contributed by atoms with Gasteiger partial charge in [0.1, 0.15) is 0 Å². The fourth-order valence-electron chi connectivity index (χ4n) is 3.24. The van der Waals surface area contributed by atoms with Crippen molar-refractivity contribution < 1.29 is 0 Å². The molecule has 1 atom stereocenters. The molecule has 0 aromatic heterocycles. The Balaban J connectivity index is 1.47. The first kappa shape index (κ1) is 14.4. The molecule has 1 N–H and O–H groups in total. The summed E-state index contributed by atoms with van der Waals surface area (Å²) in [4.78, 5) is 4.10. The average Bonchev–Trinajstić information content (AvgIpc) is 2.49. The zero-order valence-electron chi connectivity index (χ0n) is 12.5. The van der Waals surface area contributed by atoms with Gasteiger partial charge in [0.05, 0.1) is 0 Å². The van der Waals surface area contributed by atoms with Crippen molar-refractivity contribution in [3.05, 3.63) is 29.8 Å². The molecule has 0 saturated carbocycles. The van der Waals surface area contributed by atoms with E-state index in [4.69, 9.17) is 0 Å². The van der Waals surface area contributed by atoms with E-state index < -0.39 is 0 Å². The second-order valence-electron chi connectivity index (χ2n) is 6.21. The quantitative estimate of drug-likeness (QED) is 0.913. The van der Waals surface area contributed by atoms with Crippen molar-refractivity contribution in [2.75, 3.05) is 31.9 Å². The molecule has 2 nitrogen and oxygen atoms in total. The number of piperidine rings is 1. The first-order valence-corrected chi connectivity index (χ1v) is 8.99. The summed E-state index contributed by atoms with van der Waals surface area (Å²) < 4.78 is 0. The minimum Gasteiger partial charge on any atom is -0.309 e. The Morgan fingerprint density at radius 1 is 1.20 bits per heavy atom. The SMILES string of the molecule is CC1CCN(CCNC2CCSc3ccccc32)CC1. The molecule has 3 heteroatoms. The van der Waals surface area contributed by atoms with Crippen LogP contribution in [-0.2, 0) is 0 Å². The predicted octanol–water partition coefficient (Wildman–Crippen LogP) is 3.55. The fraction of sp³-hybridized carbons (Fsp3) is 0.647. The maximum absolute atomic E-state index is 3.78. The van der Waals surface area contributed by atoms with Gasteiger partial charge in [-0.25, -0.2) is 0 Å². The van der Waals surface area contributed by atoms with Crippen LogP contribution in [0.4, 0.5) is 0 Å². The molecule has 3 rings (SSSR count). The van der Waals surface area contributed by atoms with Gasteiger partial charge in [-0.1, -0.05) is 25.1 Å². The van der Waals surface area contributed by atoms with E-state index >= 15 is 0 Å². The first-order chi connectivity index (χ1) is 9.83. The smallest absolute Gasteiger partial charge is 0.0339 e. The number of benzene rings is 1. The van der Waals surface area contributed by atoms with Crippen LogP contribution >= 0.6 is 11.8 Å². The summed E-state index contributed by atoms with van der Waals surface area (Å²) in [6.07, 6.45) is 4.02. The highest BCUT2D eigenvalue weighted by atomic mass is 32.2. The lowest BCUT2D eigenvalue weighted by molar-refractivity contribution is 0.191. The summed E-state index contributed by atoms with van der Waals surface area (Å²) in [5.74, 6) is 2.18. The topological polar surface area (TPSA) is 15.3 Å². The van der Waals surface area contributed by atoms with Crippen molar-refractivity contribution in [2.45, 2.75) is 37.1 Å². The molecule has 1 aromatic rings. The minimum atomic E-state index is 0.566.